The lowest BCUT2D eigenvalue weighted by Crippen LogP contribution is -2.51. The standard InChI is InChI=1S/C14H25N3O2/c1-7-8-19-11-9-10(2)15-12(16-11)17-13(3,4)14(5,6)18/h9,18H,7-8H2,1-6H3,(H,15,16,17). The molecule has 0 unspecified atom stereocenters. The molecule has 0 aliphatic heterocycles. The Kier molecular flexibility index (Phi) is 4.74. The van der Waals surface area contributed by atoms with Crippen LogP contribution in [0.5, 0.6) is 5.88 Å². The van der Waals surface area contributed by atoms with Crippen LogP contribution in [-0.2, 0) is 0 Å². The van der Waals surface area contributed by atoms with Gasteiger partial charge in [0.15, 0.2) is 0 Å². The summed E-state index contributed by atoms with van der Waals surface area (Å²) in [5.74, 6) is 1.03. The maximum Gasteiger partial charge on any atom is 0.226 e. The average Bonchev–Trinajstić information content (AvgIpc) is 2.23. The number of rotatable bonds is 6. The summed E-state index contributed by atoms with van der Waals surface area (Å²) in [5.41, 5.74) is -0.622. The third kappa shape index (κ3) is 4.35. The molecule has 0 spiro atoms. The van der Waals surface area contributed by atoms with Gasteiger partial charge < -0.3 is 15.2 Å². The van der Waals surface area contributed by atoms with Crippen LogP contribution in [0.15, 0.2) is 6.07 Å². The summed E-state index contributed by atoms with van der Waals surface area (Å²) in [6, 6.07) is 1.80. The lowest BCUT2D eigenvalue weighted by atomic mass is 9.86. The molecule has 0 aliphatic carbocycles. The number of aliphatic hydroxyl groups is 1. The monoisotopic (exact) mass is 267 g/mol. The highest BCUT2D eigenvalue weighted by molar-refractivity contribution is 5.34. The third-order valence-electron chi connectivity index (χ3n) is 3.24. The van der Waals surface area contributed by atoms with E-state index in [2.05, 4.69) is 15.3 Å². The van der Waals surface area contributed by atoms with E-state index in [9.17, 15) is 5.11 Å². The van der Waals surface area contributed by atoms with Crippen molar-refractivity contribution in [3.05, 3.63) is 11.8 Å². The van der Waals surface area contributed by atoms with E-state index >= 15 is 0 Å². The van der Waals surface area contributed by atoms with Crippen molar-refractivity contribution in [2.45, 2.75) is 59.1 Å². The Morgan fingerprint density at radius 3 is 2.42 bits per heavy atom. The average molecular weight is 267 g/mol. The van der Waals surface area contributed by atoms with Gasteiger partial charge >= 0.3 is 0 Å². The second kappa shape index (κ2) is 5.74. The van der Waals surface area contributed by atoms with Crippen LogP contribution in [0.25, 0.3) is 0 Å². The summed E-state index contributed by atoms with van der Waals surface area (Å²) in [6.07, 6.45) is 0.932. The zero-order valence-corrected chi connectivity index (χ0v) is 12.7. The van der Waals surface area contributed by atoms with E-state index in [0.29, 0.717) is 18.4 Å². The van der Waals surface area contributed by atoms with E-state index in [-0.39, 0.29) is 0 Å². The van der Waals surface area contributed by atoms with E-state index in [0.717, 1.165) is 12.1 Å². The summed E-state index contributed by atoms with van der Waals surface area (Å²) in [6.45, 7) is 11.9. The minimum atomic E-state index is -0.898. The number of anilines is 1. The maximum absolute atomic E-state index is 10.1. The van der Waals surface area contributed by atoms with Gasteiger partial charge in [-0.05, 0) is 41.0 Å². The van der Waals surface area contributed by atoms with Crippen molar-refractivity contribution >= 4 is 5.95 Å². The molecule has 5 heteroatoms. The van der Waals surface area contributed by atoms with Crippen LogP contribution in [-0.4, -0.2) is 32.8 Å². The fourth-order valence-electron chi connectivity index (χ4n) is 1.31. The molecule has 0 saturated carbocycles. The minimum absolute atomic E-state index is 0.471. The molecule has 2 N–H and O–H groups in total. The Labute approximate surface area is 115 Å². The van der Waals surface area contributed by atoms with Crippen molar-refractivity contribution in [1.29, 1.82) is 0 Å². The molecule has 0 fully saturated rings. The molecule has 1 heterocycles. The van der Waals surface area contributed by atoms with Crippen molar-refractivity contribution in [2.24, 2.45) is 0 Å². The van der Waals surface area contributed by atoms with Crippen molar-refractivity contribution in [1.82, 2.24) is 9.97 Å². The van der Waals surface area contributed by atoms with Gasteiger partial charge in [-0.2, -0.15) is 4.98 Å². The number of hydrogen-bond donors (Lipinski definition) is 2. The van der Waals surface area contributed by atoms with Gasteiger partial charge in [0, 0.05) is 11.8 Å². The van der Waals surface area contributed by atoms with Crippen LogP contribution in [0.1, 0.15) is 46.7 Å². The molecule has 0 aromatic carbocycles. The molecule has 1 aromatic heterocycles. The summed E-state index contributed by atoms with van der Waals surface area (Å²) in [4.78, 5) is 8.64. The van der Waals surface area contributed by atoms with Gasteiger partial charge in [-0.25, -0.2) is 4.98 Å². The number of nitrogens with zero attached hydrogens (tertiary/aromatic N) is 2. The molecule has 0 amide bonds. The van der Waals surface area contributed by atoms with Gasteiger partial charge in [-0.3, -0.25) is 0 Å². The van der Waals surface area contributed by atoms with Crippen LogP contribution in [0.4, 0.5) is 5.95 Å². The van der Waals surface area contributed by atoms with Crippen LogP contribution in [0.2, 0.25) is 0 Å². The highest BCUT2D eigenvalue weighted by Crippen LogP contribution is 2.25. The van der Waals surface area contributed by atoms with E-state index < -0.39 is 11.1 Å². The van der Waals surface area contributed by atoms with Crippen LogP contribution >= 0.6 is 0 Å². The maximum atomic E-state index is 10.1. The first-order chi connectivity index (χ1) is 8.65. The third-order valence-corrected chi connectivity index (χ3v) is 3.24. The molecule has 1 aromatic rings. The number of ether oxygens (including phenoxy) is 1. The Hall–Kier alpha value is -1.36. The normalized spacial score (nSPS) is 12.4. The Bertz CT molecular complexity index is 425. The van der Waals surface area contributed by atoms with Crippen LogP contribution < -0.4 is 10.1 Å². The number of aromatic nitrogens is 2. The first-order valence-corrected chi connectivity index (χ1v) is 6.65. The first kappa shape index (κ1) is 15.7. The lowest BCUT2D eigenvalue weighted by Gasteiger charge is -2.38. The summed E-state index contributed by atoms with van der Waals surface area (Å²) in [7, 11) is 0. The van der Waals surface area contributed by atoms with Crippen molar-refractivity contribution in [3.8, 4) is 5.88 Å². The highest BCUT2D eigenvalue weighted by atomic mass is 16.5. The highest BCUT2D eigenvalue weighted by Gasteiger charge is 2.35. The Balaban J connectivity index is 2.92. The molecule has 19 heavy (non-hydrogen) atoms. The number of hydrogen-bond acceptors (Lipinski definition) is 5. The number of aryl methyl sites for hydroxylation is 1. The lowest BCUT2D eigenvalue weighted by molar-refractivity contribution is 0.0236. The van der Waals surface area contributed by atoms with Gasteiger partial charge in [0.1, 0.15) is 0 Å². The van der Waals surface area contributed by atoms with Gasteiger partial charge in [0.25, 0.3) is 0 Å². The zero-order chi connectivity index (χ0) is 14.7. The Morgan fingerprint density at radius 1 is 1.26 bits per heavy atom. The molecule has 0 radical (unpaired) electrons. The van der Waals surface area contributed by atoms with E-state index in [1.54, 1.807) is 19.9 Å². The Morgan fingerprint density at radius 2 is 1.89 bits per heavy atom. The largest absolute Gasteiger partial charge is 0.478 e. The molecule has 1 rings (SSSR count). The van der Waals surface area contributed by atoms with Gasteiger partial charge in [-0.1, -0.05) is 6.92 Å². The van der Waals surface area contributed by atoms with Gasteiger partial charge in [0.2, 0.25) is 11.8 Å². The SMILES string of the molecule is CCCOc1cc(C)nc(NC(C)(C)C(C)(C)O)n1. The van der Waals surface area contributed by atoms with E-state index in [1.165, 1.54) is 0 Å². The molecule has 0 bridgehead atoms. The summed E-state index contributed by atoms with van der Waals surface area (Å²) in [5, 5.41) is 13.3. The molecular weight excluding hydrogens is 242 g/mol. The smallest absolute Gasteiger partial charge is 0.226 e. The predicted molar refractivity (Wildman–Crippen MR) is 76.6 cm³/mol. The van der Waals surface area contributed by atoms with Crippen molar-refractivity contribution in [2.75, 3.05) is 11.9 Å². The van der Waals surface area contributed by atoms with E-state index in [4.69, 9.17) is 4.74 Å². The summed E-state index contributed by atoms with van der Waals surface area (Å²) < 4.78 is 5.52. The first-order valence-electron chi connectivity index (χ1n) is 6.65. The molecule has 108 valence electrons. The molecular formula is C14H25N3O2. The quantitative estimate of drug-likeness (QED) is 0.829. The van der Waals surface area contributed by atoms with Crippen LogP contribution in [0, 0.1) is 6.92 Å². The predicted octanol–water partition coefficient (Wildman–Crippen LogP) is 2.54. The molecule has 0 saturated heterocycles. The van der Waals surface area contributed by atoms with Crippen molar-refractivity contribution < 1.29 is 9.84 Å². The van der Waals surface area contributed by atoms with Gasteiger partial charge in [-0.15, -0.1) is 0 Å². The van der Waals surface area contributed by atoms with E-state index in [1.807, 2.05) is 27.7 Å². The summed E-state index contributed by atoms with van der Waals surface area (Å²) >= 11 is 0. The topological polar surface area (TPSA) is 67.3 Å². The molecule has 5 nitrogen and oxygen atoms in total. The van der Waals surface area contributed by atoms with Crippen LogP contribution in [0.3, 0.4) is 0 Å². The zero-order valence-electron chi connectivity index (χ0n) is 12.7. The van der Waals surface area contributed by atoms with Crippen molar-refractivity contribution in [3.63, 3.8) is 0 Å². The van der Waals surface area contributed by atoms with Gasteiger partial charge in [0.05, 0.1) is 17.7 Å². The second-order valence-electron chi connectivity index (χ2n) is 5.83. The fraction of sp³-hybridized carbons (Fsp3) is 0.714. The fourth-order valence-corrected chi connectivity index (χ4v) is 1.31. The second-order valence-corrected chi connectivity index (χ2v) is 5.83. The molecule has 0 aliphatic rings. The molecule has 0 atom stereocenters. The minimum Gasteiger partial charge on any atom is -0.478 e. The number of nitrogens with one attached hydrogen (secondary N) is 1.